The molecule has 0 spiro atoms. The van der Waals surface area contributed by atoms with Crippen LogP contribution in [-0.4, -0.2) is 0 Å². The lowest BCUT2D eigenvalue weighted by Crippen LogP contribution is -2.39. The average Bonchev–Trinajstić information content (AvgIpc) is 2.83. The Hall–Kier alpha value is -1.41. The highest BCUT2D eigenvalue weighted by atomic mass is 32.1. The number of nitrogens with zero attached hydrogens (tertiary/aromatic N) is 1. The van der Waals surface area contributed by atoms with Gasteiger partial charge in [-0.15, -0.1) is 0 Å². The minimum absolute atomic E-state index is 0.403. The number of rotatable bonds is 0. The third-order valence-electron chi connectivity index (χ3n) is 4.91. The zero-order valence-corrected chi connectivity index (χ0v) is 14.6. The molecule has 0 atom stereocenters. The molecule has 2 heteroatoms. The van der Waals surface area contributed by atoms with Crippen molar-refractivity contribution in [1.29, 1.82) is 0 Å². The summed E-state index contributed by atoms with van der Waals surface area (Å²) in [7, 11) is 0. The minimum Gasteiger partial charge on any atom is -0.182 e. The number of benzene rings is 1. The van der Waals surface area contributed by atoms with Crippen LogP contribution in [-0.2, 0) is 6.54 Å². The van der Waals surface area contributed by atoms with Gasteiger partial charge in [-0.1, -0.05) is 49.0 Å². The highest BCUT2D eigenvalue weighted by Crippen LogP contribution is 2.43. The van der Waals surface area contributed by atoms with Gasteiger partial charge in [-0.05, 0) is 43.2 Å². The number of thiazole rings is 1. The summed E-state index contributed by atoms with van der Waals surface area (Å²) in [6.45, 7) is 8.28. The highest BCUT2D eigenvalue weighted by Gasteiger charge is 2.32. The van der Waals surface area contributed by atoms with Crippen LogP contribution in [0.15, 0.2) is 41.5 Å². The standard InChI is InChI=1S/C20H24NS/c1-14-11-15(13-20(2,3)12-14)16-7-6-10-21-17-8-4-5-9-18(17)22-19(16)21/h4-5,8-9,11H,6-7,10,12-13H2,1-3H3/q+1. The molecule has 0 saturated heterocycles. The molecule has 22 heavy (non-hydrogen) atoms. The molecule has 2 heterocycles. The van der Waals surface area contributed by atoms with Crippen molar-refractivity contribution in [2.75, 3.05) is 0 Å². The molecule has 4 rings (SSSR count). The van der Waals surface area contributed by atoms with Crippen LogP contribution in [0.3, 0.4) is 0 Å². The van der Waals surface area contributed by atoms with Crippen molar-refractivity contribution in [2.45, 2.75) is 53.0 Å². The van der Waals surface area contributed by atoms with E-state index in [4.69, 9.17) is 0 Å². The molecule has 0 amide bonds. The Kier molecular flexibility index (Phi) is 3.26. The van der Waals surface area contributed by atoms with E-state index in [1.165, 1.54) is 53.0 Å². The second kappa shape index (κ2) is 5.06. The van der Waals surface area contributed by atoms with E-state index in [0.29, 0.717) is 5.41 Å². The van der Waals surface area contributed by atoms with Crippen LogP contribution < -0.4 is 4.57 Å². The molecule has 1 aliphatic carbocycles. The topological polar surface area (TPSA) is 3.88 Å². The van der Waals surface area contributed by atoms with Crippen LogP contribution in [0.1, 0.15) is 51.5 Å². The zero-order valence-electron chi connectivity index (χ0n) is 13.8. The lowest BCUT2D eigenvalue weighted by molar-refractivity contribution is -0.672. The summed E-state index contributed by atoms with van der Waals surface area (Å²) in [5, 5.41) is 1.50. The molecule has 0 bridgehead atoms. The molecule has 1 nitrogen and oxygen atoms in total. The van der Waals surface area contributed by atoms with Crippen molar-refractivity contribution in [3.63, 3.8) is 0 Å². The van der Waals surface area contributed by atoms with Gasteiger partial charge in [-0.3, -0.25) is 0 Å². The van der Waals surface area contributed by atoms with Gasteiger partial charge in [-0.2, -0.15) is 4.57 Å². The van der Waals surface area contributed by atoms with E-state index in [1.807, 2.05) is 11.3 Å². The summed E-state index contributed by atoms with van der Waals surface area (Å²) < 4.78 is 3.98. The number of fused-ring (bicyclic) bond motifs is 3. The normalized spacial score (nSPS) is 24.2. The molecule has 114 valence electrons. The Labute approximate surface area is 137 Å². The van der Waals surface area contributed by atoms with Crippen molar-refractivity contribution in [2.24, 2.45) is 5.41 Å². The van der Waals surface area contributed by atoms with E-state index in [0.717, 1.165) is 0 Å². The van der Waals surface area contributed by atoms with E-state index >= 15 is 0 Å². The van der Waals surface area contributed by atoms with Crippen molar-refractivity contribution in [3.05, 3.63) is 46.5 Å². The van der Waals surface area contributed by atoms with E-state index in [9.17, 15) is 0 Å². The fourth-order valence-electron chi connectivity index (χ4n) is 4.23. The average molecular weight is 310 g/mol. The number of hydrogen-bond donors (Lipinski definition) is 0. The van der Waals surface area contributed by atoms with Crippen molar-refractivity contribution in [3.8, 4) is 0 Å². The number of allylic oxidation sites excluding steroid dienone is 4. The fraction of sp³-hybridized carbons (Fsp3) is 0.450. The molecule has 0 unspecified atom stereocenters. The fourth-order valence-corrected chi connectivity index (χ4v) is 5.52. The Morgan fingerprint density at radius 1 is 1.14 bits per heavy atom. The van der Waals surface area contributed by atoms with Crippen LogP contribution in [0.4, 0.5) is 0 Å². The van der Waals surface area contributed by atoms with Crippen molar-refractivity contribution in [1.82, 2.24) is 0 Å². The maximum atomic E-state index is 2.55. The van der Waals surface area contributed by atoms with E-state index in [-0.39, 0.29) is 0 Å². The largest absolute Gasteiger partial charge is 0.266 e. The number of aryl methyl sites for hydroxylation is 1. The molecular weight excluding hydrogens is 286 g/mol. The monoisotopic (exact) mass is 310 g/mol. The van der Waals surface area contributed by atoms with E-state index in [2.05, 4.69) is 55.7 Å². The number of para-hydroxylation sites is 1. The van der Waals surface area contributed by atoms with E-state index < -0.39 is 0 Å². The van der Waals surface area contributed by atoms with Gasteiger partial charge in [0, 0.05) is 18.1 Å². The second-order valence-corrected chi connectivity index (χ2v) is 8.67. The SMILES string of the molecule is CC1=CC(=C2CCC[n+]3c2sc2ccccc23)CC(C)(C)C1. The molecule has 2 aliphatic rings. The summed E-state index contributed by atoms with van der Waals surface area (Å²) in [5.74, 6) is 0. The quantitative estimate of drug-likeness (QED) is 0.565. The van der Waals surface area contributed by atoms with Crippen molar-refractivity contribution < 1.29 is 4.57 Å². The maximum Gasteiger partial charge on any atom is 0.266 e. The van der Waals surface area contributed by atoms with Gasteiger partial charge in [0.1, 0.15) is 4.70 Å². The lowest BCUT2D eigenvalue weighted by Gasteiger charge is -2.31. The maximum absolute atomic E-state index is 2.55. The minimum atomic E-state index is 0.403. The van der Waals surface area contributed by atoms with Gasteiger partial charge in [0.2, 0.25) is 5.52 Å². The molecule has 0 radical (unpaired) electrons. The molecular formula is C20H24NS+. The number of hydrogen-bond acceptors (Lipinski definition) is 1. The summed E-state index contributed by atoms with van der Waals surface area (Å²) in [5.41, 5.74) is 6.56. The first-order valence-corrected chi connectivity index (χ1v) is 9.16. The Balaban J connectivity index is 1.92. The van der Waals surface area contributed by atoms with Gasteiger partial charge in [0.15, 0.2) is 6.54 Å². The van der Waals surface area contributed by atoms with Crippen LogP contribution >= 0.6 is 11.3 Å². The van der Waals surface area contributed by atoms with E-state index in [1.54, 1.807) is 11.1 Å². The third-order valence-corrected chi connectivity index (χ3v) is 6.13. The summed E-state index contributed by atoms with van der Waals surface area (Å²) in [6.07, 6.45) is 7.43. The first kappa shape index (κ1) is 14.2. The molecule has 0 fully saturated rings. The van der Waals surface area contributed by atoms with Crippen LogP contribution in [0.25, 0.3) is 15.8 Å². The van der Waals surface area contributed by atoms with Gasteiger partial charge in [-0.25, -0.2) is 0 Å². The number of aromatic nitrogens is 1. The molecule has 1 aliphatic heterocycles. The van der Waals surface area contributed by atoms with Crippen LogP contribution in [0, 0.1) is 5.41 Å². The lowest BCUT2D eigenvalue weighted by atomic mass is 9.74. The second-order valence-electron chi connectivity index (χ2n) is 7.64. The molecule has 1 aromatic heterocycles. The molecule has 1 aromatic carbocycles. The first-order valence-electron chi connectivity index (χ1n) is 8.34. The molecule has 0 saturated carbocycles. The summed E-state index contributed by atoms with van der Waals surface area (Å²) in [6, 6.07) is 8.86. The predicted molar refractivity (Wildman–Crippen MR) is 94.9 cm³/mol. The molecule has 0 N–H and O–H groups in total. The Morgan fingerprint density at radius 2 is 1.95 bits per heavy atom. The van der Waals surface area contributed by atoms with Gasteiger partial charge < -0.3 is 0 Å². The van der Waals surface area contributed by atoms with Gasteiger partial charge in [0.25, 0.3) is 5.01 Å². The Morgan fingerprint density at radius 3 is 2.77 bits per heavy atom. The Bertz CT molecular complexity index is 804. The summed E-state index contributed by atoms with van der Waals surface area (Å²) in [4.78, 5) is 0. The predicted octanol–water partition coefficient (Wildman–Crippen LogP) is 5.50. The zero-order chi connectivity index (χ0) is 15.3. The van der Waals surface area contributed by atoms with Crippen LogP contribution in [0.5, 0.6) is 0 Å². The van der Waals surface area contributed by atoms with Crippen LogP contribution in [0.2, 0.25) is 0 Å². The highest BCUT2D eigenvalue weighted by molar-refractivity contribution is 7.19. The van der Waals surface area contributed by atoms with Gasteiger partial charge in [0.05, 0.1) is 0 Å². The van der Waals surface area contributed by atoms with Crippen molar-refractivity contribution >= 4 is 27.1 Å². The van der Waals surface area contributed by atoms with Gasteiger partial charge >= 0.3 is 0 Å². The summed E-state index contributed by atoms with van der Waals surface area (Å²) >= 11 is 1.98. The third kappa shape index (κ3) is 2.34. The smallest absolute Gasteiger partial charge is 0.182 e. The molecule has 2 aromatic rings. The first-order chi connectivity index (χ1) is 10.5.